The highest BCUT2D eigenvalue weighted by molar-refractivity contribution is 5.92. The Kier molecular flexibility index (Phi) is 11.0. The molecule has 7 heteroatoms. The molecular weight excluding hydrogens is 466 g/mol. The Hall–Kier alpha value is -2.57. The Bertz CT molecular complexity index is 929. The van der Waals surface area contributed by atoms with Crippen molar-refractivity contribution in [1.82, 2.24) is 15.5 Å². The molecule has 37 heavy (non-hydrogen) atoms. The van der Waals surface area contributed by atoms with Gasteiger partial charge in [0.1, 0.15) is 17.7 Å². The summed E-state index contributed by atoms with van der Waals surface area (Å²) < 4.78 is 5.47. The van der Waals surface area contributed by atoms with Gasteiger partial charge in [-0.25, -0.2) is 4.79 Å². The van der Waals surface area contributed by atoms with E-state index in [9.17, 15) is 14.4 Å². The predicted molar refractivity (Wildman–Crippen MR) is 148 cm³/mol. The highest BCUT2D eigenvalue weighted by Crippen LogP contribution is 2.30. The standard InChI is InChI=1S/C30H49N3O4/c1-19(2)17-25(32-29(36)37-30(7,8)9)28(35)33(20(3)4)26(24-18-21(5)15-16-22(24)6)27(34)31-23-13-11-10-12-14-23/h15-16,18-20,23,25-26H,10-14,17H2,1-9H3,(H,31,34)(H,32,36). The third-order valence-electron chi connectivity index (χ3n) is 6.71. The van der Waals surface area contributed by atoms with Crippen molar-refractivity contribution in [3.05, 3.63) is 34.9 Å². The monoisotopic (exact) mass is 515 g/mol. The number of ether oxygens (including phenoxy) is 1. The second-order valence-electron chi connectivity index (χ2n) is 12.3. The molecule has 1 saturated carbocycles. The first-order chi connectivity index (χ1) is 17.2. The average Bonchev–Trinajstić information content (AvgIpc) is 2.77. The van der Waals surface area contributed by atoms with Gasteiger partial charge in [0.05, 0.1) is 0 Å². The number of amides is 3. The Morgan fingerprint density at radius 2 is 1.65 bits per heavy atom. The zero-order chi connectivity index (χ0) is 27.9. The van der Waals surface area contributed by atoms with Crippen LogP contribution in [-0.4, -0.2) is 46.5 Å². The molecule has 1 fully saturated rings. The summed E-state index contributed by atoms with van der Waals surface area (Å²) in [6.07, 6.45) is 5.10. The number of alkyl carbamates (subject to hydrolysis) is 1. The first kappa shape index (κ1) is 30.7. The van der Waals surface area contributed by atoms with Crippen LogP contribution in [0.2, 0.25) is 0 Å². The fraction of sp³-hybridized carbons (Fsp3) is 0.700. The lowest BCUT2D eigenvalue weighted by Gasteiger charge is -2.39. The van der Waals surface area contributed by atoms with Gasteiger partial charge >= 0.3 is 6.09 Å². The van der Waals surface area contributed by atoms with Crippen LogP contribution in [0.1, 0.15) is 110 Å². The Morgan fingerprint density at radius 1 is 1.03 bits per heavy atom. The van der Waals surface area contributed by atoms with Gasteiger partial charge in [-0.3, -0.25) is 9.59 Å². The van der Waals surface area contributed by atoms with E-state index in [1.54, 1.807) is 25.7 Å². The van der Waals surface area contributed by atoms with E-state index in [2.05, 4.69) is 10.6 Å². The van der Waals surface area contributed by atoms with Crippen LogP contribution < -0.4 is 10.6 Å². The van der Waals surface area contributed by atoms with Gasteiger partial charge < -0.3 is 20.3 Å². The molecule has 0 spiro atoms. The zero-order valence-corrected chi connectivity index (χ0v) is 24.4. The Balaban J connectivity index is 2.50. The van der Waals surface area contributed by atoms with E-state index in [1.807, 2.05) is 59.7 Å². The van der Waals surface area contributed by atoms with Crippen molar-refractivity contribution in [2.45, 2.75) is 131 Å². The lowest BCUT2D eigenvalue weighted by molar-refractivity contribution is -0.145. The maximum absolute atomic E-state index is 14.2. The van der Waals surface area contributed by atoms with E-state index in [0.717, 1.165) is 42.4 Å². The molecule has 2 N–H and O–H groups in total. The largest absolute Gasteiger partial charge is 0.444 e. The van der Waals surface area contributed by atoms with Gasteiger partial charge in [-0.15, -0.1) is 0 Å². The first-order valence-corrected chi connectivity index (χ1v) is 13.9. The summed E-state index contributed by atoms with van der Waals surface area (Å²) in [5, 5.41) is 6.07. The molecule has 2 unspecified atom stereocenters. The highest BCUT2D eigenvalue weighted by atomic mass is 16.6. The lowest BCUT2D eigenvalue weighted by atomic mass is 9.92. The third kappa shape index (κ3) is 9.35. The number of carbonyl (C=O) groups excluding carboxylic acids is 3. The number of benzene rings is 1. The van der Waals surface area contributed by atoms with Crippen LogP contribution in [-0.2, 0) is 14.3 Å². The number of nitrogens with zero attached hydrogens (tertiary/aromatic N) is 1. The topological polar surface area (TPSA) is 87.7 Å². The molecule has 208 valence electrons. The van der Waals surface area contributed by atoms with Gasteiger partial charge in [-0.1, -0.05) is 56.9 Å². The maximum atomic E-state index is 14.2. The normalized spacial score (nSPS) is 16.3. The molecule has 0 heterocycles. The summed E-state index contributed by atoms with van der Waals surface area (Å²) in [5.74, 6) is -0.296. The van der Waals surface area contributed by atoms with Crippen LogP contribution >= 0.6 is 0 Å². The number of hydrogen-bond donors (Lipinski definition) is 2. The lowest BCUT2D eigenvalue weighted by Crippen LogP contribution is -2.56. The molecule has 0 aromatic heterocycles. The molecule has 1 aromatic carbocycles. The summed E-state index contributed by atoms with van der Waals surface area (Å²) >= 11 is 0. The second-order valence-corrected chi connectivity index (χ2v) is 12.3. The van der Waals surface area contributed by atoms with Gasteiger partial charge in [0.15, 0.2) is 0 Å². The number of hydrogen-bond acceptors (Lipinski definition) is 4. The molecule has 3 amide bonds. The maximum Gasteiger partial charge on any atom is 0.408 e. The fourth-order valence-electron chi connectivity index (χ4n) is 5.00. The van der Waals surface area contributed by atoms with Crippen molar-refractivity contribution < 1.29 is 19.1 Å². The summed E-state index contributed by atoms with van der Waals surface area (Å²) in [5.41, 5.74) is 2.11. The molecule has 0 saturated heterocycles. The van der Waals surface area contributed by atoms with Crippen molar-refractivity contribution in [3.8, 4) is 0 Å². The van der Waals surface area contributed by atoms with Gasteiger partial charge in [0.2, 0.25) is 11.8 Å². The fourth-order valence-corrected chi connectivity index (χ4v) is 5.00. The van der Waals surface area contributed by atoms with Crippen LogP contribution in [0.3, 0.4) is 0 Å². The number of aryl methyl sites for hydroxylation is 2. The summed E-state index contributed by atoms with van der Waals surface area (Å²) in [7, 11) is 0. The molecule has 2 rings (SSSR count). The quantitative estimate of drug-likeness (QED) is 0.424. The number of nitrogens with one attached hydrogen (secondary N) is 2. The van der Waals surface area contributed by atoms with Crippen molar-refractivity contribution in [3.63, 3.8) is 0 Å². The molecule has 0 aliphatic heterocycles. The minimum Gasteiger partial charge on any atom is -0.444 e. The van der Waals surface area contributed by atoms with Crippen molar-refractivity contribution in [2.24, 2.45) is 5.92 Å². The summed E-state index contributed by atoms with van der Waals surface area (Å²) in [6.45, 7) is 17.2. The molecule has 2 atom stereocenters. The van der Waals surface area contributed by atoms with E-state index >= 15 is 0 Å². The molecule has 0 radical (unpaired) electrons. The van der Waals surface area contributed by atoms with E-state index in [1.165, 1.54) is 6.42 Å². The van der Waals surface area contributed by atoms with Gasteiger partial charge in [-0.05, 0) is 84.8 Å². The van der Waals surface area contributed by atoms with Crippen molar-refractivity contribution in [1.29, 1.82) is 0 Å². The summed E-state index contributed by atoms with van der Waals surface area (Å²) in [6, 6.07) is 4.24. The zero-order valence-electron chi connectivity index (χ0n) is 24.4. The van der Waals surface area contributed by atoms with Crippen LogP contribution in [0.5, 0.6) is 0 Å². The van der Waals surface area contributed by atoms with E-state index < -0.39 is 23.8 Å². The number of carbonyl (C=O) groups is 3. The Morgan fingerprint density at radius 3 is 2.19 bits per heavy atom. The molecule has 7 nitrogen and oxygen atoms in total. The molecular formula is C30H49N3O4. The number of rotatable bonds is 9. The van der Waals surface area contributed by atoms with Crippen LogP contribution in [0.4, 0.5) is 4.79 Å². The van der Waals surface area contributed by atoms with E-state index in [-0.39, 0.29) is 29.8 Å². The molecule has 1 aromatic rings. The molecule has 0 bridgehead atoms. The van der Waals surface area contributed by atoms with E-state index in [0.29, 0.717) is 6.42 Å². The SMILES string of the molecule is Cc1ccc(C)c(C(C(=O)NC2CCCCC2)N(C(=O)C(CC(C)C)NC(=O)OC(C)(C)C)C(C)C)c1. The smallest absolute Gasteiger partial charge is 0.408 e. The van der Waals surface area contributed by atoms with Gasteiger partial charge in [0.25, 0.3) is 0 Å². The molecule has 1 aliphatic rings. The minimum atomic E-state index is -0.813. The van der Waals surface area contributed by atoms with Crippen LogP contribution in [0, 0.1) is 19.8 Å². The first-order valence-electron chi connectivity index (χ1n) is 13.9. The average molecular weight is 516 g/mol. The van der Waals surface area contributed by atoms with E-state index in [4.69, 9.17) is 4.74 Å². The van der Waals surface area contributed by atoms with Crippen LogP contribution in [0.15, 0.2) is 18.2 Å². The van der Waals surface area contributed by atoms with Crippen molar-refractivity contribution >= 4 is 17.9 Å². The van der Waals surface area contributed by atoms with Gasteiger partial charge in [0, 0.05) is 12.1 Å². The third-order valence-corrected chi connectivity index (χ3v) is 6.71. The van der Waals surface area contributed by atoms with Crippen molar-refractivity contribution in [2.75, 3.05) is 0 Å². The Labute approximate surface area is 224 Å². The van der Waals surface area contributed by atoms with Gasteiger partial charge in [-0.2, -0.15) is 0 Å². The summed E-state index contributed by atoms with van der Waals surface area (Å²) in [4.78, 5) is 42.5. The molecule has 1 aliphatic carbocycles. The van der Waals surface area contributed by atoms with Crippen LogP contribution in [0.25, 0.3) is 0 Å². The second kappa shape index (κ2) is 13.3. The minimum absolute atomic E-state index is 0.115. The highest BCUT2D eigenvalue weighted by Gasteiger charge is 2.39. The predicted octanol–water partition coefficient (Wildman–Crippen LogP) is 5.97.